The normalized spacial score (nSPS) is 20.6. The first-order valence-electron chi connectivity index (χ1n) is 3.67. The van der Waals surface area contributed by atoms with Crippen molar-refractivity contribution in [2.75, 3.05) is 6.16 Å². The van der Waals surface area contributed by atoms with Gasteiger partial charge in [0, 0.05) is 0 Å². The lowest BCUT2D eigenvalue weighted by atomic mass is 10.4. The largest absolute Gasteiger partial charge is 0.119 e. The van der Waals surface area contributed by atoms with Crippen molar-refractivity contribution >= 4 is 8.58 Å². The average Bonchev–Trinajstić information content (AvgIpc) is 2.51. The maximum absolute atomic E-state index is 2.28. The summed E-state index contributed by atoms with van der Waals surface area (Å²) in [6.45, 7) is 2.28. The van der Waals surface area contributed by atoms with E-state index in [1.807, 2.05) is 0 Å². The maximum Gasteiger partial charge on any atom is -0.0236 e. The van der Waals surface area contributed by atoms with Gasteiger partial charge in [-0.25, -0.2) is 0 Å². The van der Waals surface area contributed by atoms with Gasteiger partial charge in [-0.05, 0) is 31.1 Å². The summed E-state index contributed by atoms with van der Waals surface area (Å²) in [6.07, 6.45) is 7.46. The molecule has 0 aliphatic heterocycles. The third kappa shape index (κ3) is 2.67. The van der Waals surface area contributed by atoms with E-state index >= 15 is 0 Å². The fourth-order valence-electron chi connectivity index (χ4n) is 0.770. The van der Waals surface area contributed by atoms with Crippen LogP contribution in [0.1, 0.15) is 32.6 Å². The molecule has 1 fully saturated rings. The monoisotopic (exact) mass is 130 g/mol. The summed E-state index contributed by atoms with van der Waals surface area (Å²) >= 11 is 0. The Labute approximate surface area is 53.8 Å². The quantitative estimate of drug-likeness (QED) is 0.405. The summed E-state index contributed by atoms with van der Waals surface area (Å²) in [5, 5.41) is 0. The standard InChI is InChI=1S/C7H15P/c1-2-3-6-8-7-4-5-7/h7-8H,2-6H2,1H3. The van der Waals surface area contributed by atoms with Crippen LogP contribution in [0.25, 0.3) is 0 Å². The summed E-state index contributed by atoms with van der Waals surface area (Å²) in [5.74, 6) is 0. The van der Waals surface area contributed by atoms with E-state index in [-0.39, 0.29) is 0 Å². The van der Waals surface area contributed by atoms with E-state index in [0.29, 0.717) is 0 Å². The summed E-state index contributed by atoms with van der Waals surface area (Å²) in [4.78, 5) is 0. The fourth-order valence-corrected chi connectivity index (χ4v) is 2.31. The maximum atomic E-state index is 2.28. The molecule has 0 heterocycles. The molecule has 0 nitrogen and oxygen atoms in total. The van der Waals surface area contributed by atoms with Crippen LogP contribution < -0.4 is 0 Å². The molecule has 48 valence electrons. The van der Waals surface area contributed by atoms with E-state index < -0.39 is 0 Å². The summed E-state index contributed by atoms with van der Waals surface area (Å²) in [7, 11) is 1.31. The molecule has 0 aromatic carbocycles. The third-order valence-corrected chi connectivity index (χ3v) is 3.34. The number of rotatable bonds is 4. The van der Waals surface area contributed by atoms with E-state index in [0.717, 1.165) is 0 Å². The highest BCUT2D eigenvalue weighted by Gasteiger charge is 2.19. The Balaban J connectivity index is 1.74. The van der Waals surface area contributed by atoms with Crippen LogP contribution in [0.15, 0.2) is 0 Å². The Hall–Kier alpha value is 0.430. The molecule has 0 amide bonds. The van der Waals surface area contributed by atoms with Crippen LogP contribution >= 0.6 is 8.58 Å². The van der Waals surface area contributed by atoms with Gasteiger partial charge in [-0.1, -0.05) is 13.3 Å². The minimum Gasteiger partial charge on any atom is -0.119 e. The molecule has 1 saturated carbocycles. The molecule has 1 heteroatoms. The van der Waals surface area contributed by atoms with Crippen LogP contribution in [0.4, 0.5) is 0 Å². The molecule has 1 aliphatic carbocycles. The predicted octanol–water partition coefficient (Wildman–Crippen LogP) is 2.63. The molecule has 0 bridgehead atoms. The van der Waals surface area contributed by atoms with Crippen molar-refractivity contribution < 1.29 is 0 Å². The van der Waals surface area contributed by atoms with Gasteiger partial charge in [0.1, 0.15) is 0 Å². The molecule has 0 N–H and O–H groups in total. The molecule has 1 aliphatic rings. The molecule has 0 radical (unpaired) electrons. The fraction of sp³-hybridized carbons (Fsp3) is 1.00. The first kappa shape index (κ1) is 6.55. The third-order valence-electron chi connectivity index (χ3n) is 1.54. The van der Waals surface area contributed by atoms with Crippen LogP contribution in [0, 0.1) is 0 Å². The number of unbranched alkanes of at least 4 members (excludes halogenated alkanes) is 1. The van der Waals surface area contributed by atoms with E-state index in [9.17, 15) is 0 Å². The first-order chi connectivity index (χ1) is 3.93. The second-order valence-electron chi connectivity index (χ2n) is 2.58. The smallest absolute Gasteiger partial charge is 0.0236 e. The molecule has 0 aromatic rings. The van der Waals surface area contributed by atoms with E-state index in [1.165, 1.54) is 33.2 Å². The minimum atomic E-state index is 1.18. The highest BCUT2D eigenvalue weighted by Crippen LogP contribution is 2.39. The molecule has 1 unspecified atom stereocenters. The van der Waals surface area contributed by atoms with Gasteiger partial charge in [-0.15, -0.1) is 8.58 Å². The summed E-state index contributed by atoms with van der Waals surface area (Å²) < 4.78 is 0. The second-order valence-corrected chi connectivity index (χ2v) is 4.31. The van der Waals surface area contributed by atoms with Gasteiger partial charge < -0.3 is 0 Å². The van der Waals surface area contributed by atoms with Crippen LogP contribution in [0.5, 0.6) is 0 Å². The van der Waals surface area contributed by atoms with Gasteiger partial charge in [-0.3, -0.25) is 0 Å². The molecular weight excluding hydrogens is 115 g/mol. The van der Waals surface area contributed by atoms with Crippen molar-refractivity contribution in [1.29, 1.82) is 0 Å². The molecule has 1 atom stereocenters. The Morgan fingerprint density at radius 1 is 1.50 bits per heavy atom. The Morgan fingerprint density at radius 2 is 2.25 bits per heavy atom. The summed E-state index contributed by atoms with van der Waals surface area (Å²) in [5.41, 5.74) is 1.18. The van der Waals surface area contributed by atoms with E-state index in [2.05, 4.69) is 6.92 Å². The first-order valence-corrected chi connectivity index (χ1v) is 4.95. The van der Waals surface area contributed by atoms with Gasteiger partial charge >= 0.3 is 0 Å². The zero-order valence-corrected chi connectivity index (χ0v) is 6.61. The van der Waals surface area contributed by atoms with Crippen LogP contribution in [-0.2, 0) is 0 Å². The van der Waals surface area contributed by atoms with E-state index in [1.54, 1.807) is 12.8 Å². The Morgan fingerprint density at radius 3 is 2.75 bits per heavy atom. The van der Waals surface area contributed by atoms with Gasteiger partial charge in [0.15, 0.2) is 0 Å². The highest BCUT2D eigenvalue weighted by molar-refractivity contribution is 7.39. The molecule has 1 rings (SSSR count). The van der Waals surface area contributed by atoms with Gasteiger partial charge in [0.05, 0.1) is 0 Å². The van der Waals surface area contributed by atoms with Gasteiger partial charge in [0.25, 0.3) is 0 Å². The number of hydrogen-bond donors (Lipinski definition) is 0. The van der Waals surface area contributed by atoms with Crippen LogP contribution in [-0.4, -0.2) is 11.8 Å². The predicted molar refractivity (Wildman–Crippen MR) is 41.1 cm³/mol. The lowest BCUT2D eigenvalue weighted by Crippen LogP contribution is -1.75. The van der Waals surface area contributed by atoms with Gasteiger partial charge in [0.2, 0.25) is 0 Å². The molecule has 0 aromatic heterocycles. The lowest BCUT2D eigenvalue weighted by Gasteiger charge is -1.93. The Bertz CT molecular complexity index is 57.4. The topological polar surface area (TPSA) is 0 Å². The zero-order valence-electron chi connectivity index (χ0n) is 5.61. The van der Waals surface area contributed by atoms with Crippen molar-refractivity contribution in [2.24, 2.45) is 0 Å². The van der Waals surface area contributed by atoms with Gasteiger partial charge in [-0.2, -0.15) is 0 Å². The molecular formula is C7H15P. The number of hydrogen-bond acceptors (Lipinski definition) is 0. The van der Waals surface area contributed by atoms with Crippen LogP contribution in [0.2, 0.25) is 0 Å². The molecule has 8 heavy (non-hydrogen) atoms. The van der Waals surface area contributed by atoms with Crippen molar-refractivity contribution in [2.45, 2.75) is 38.3 Å². The molecule has 0 saturated heterocycles. The van der Waals surface area contributed by atoms with Crippen molar-refractivity contribution in [3.8, 4) is 0 Å². The molecule has 0 spiro atoms. The lowest BCUT2D eigenvalue weighted by molar-refractivity contribution is 0.893. The Kier molecular flexibility index (Phi) is 2.83. The van der Waals surface area contributed by atoms with Crippen molar-refractivity contribution in [3.63, 3.8) is 0 Å². The van der Waals surface area contributed by atoms with E-state index in [4.69, 9.17) is 0 Å². The van der Waals surface area contributed by atoms with Crippen molar-refractivity contribution in [1.82, 2.24) is 0 Å². The summed E-state index contributed by atoms with van der Waals surface area (Å²) in [6, 6.07) is 0. The second kappa shape index (κ2) is 3.45. The van der Waals surface area contributed by atoms with Crippen LogP contribution in [0.3, 0.4) is 0 Å². The highest BCUT2D eigenvalue weighted by atomic mass is 31.1. The minimum absolute atomic E-state index is 1.18. The zero-order chi connectivity index (χ0) is 5.82. The average molecular weight is 130 g/mol. The van der Waals surface area contributed by atoms with Crippen molar-refractivity contribution in [3.05, 3.63) is 0 Å². The SMILES string of the molecule is CCCCPC1CC1.